The third-order valence-electron chi connectivity index (χ3n) is 10.5. The van der Waals surface area contributed by atoms with Crippen molar-refractivity contribution in [3.05, 3.63) is 82.8 Å². The van der Waals surface area contributed by atoms with E-state index in [2.05, 4.69) is 20.9 Å². The van der Waals surface area contributed by atoms with Crippen LogP contribution in [0.2, 0.25) is 0 Å². The lowest BCUT2D eigenvalue weighted by atomic mass is 9.65. The van der Waals surface area contributed by atoms with Gasteiger partial charge in [0.25, 0.3) is 0 Å². The van der Waals surface area contributed by atoms with Crippen molar-refractivity contribution in [2.45, 2.75) is 51.2 Å². The molecule has 4 aromatic rings. The number of carbonyl (C=O) groups is 3. The molecule has 2 aromatic carbocycles. The number of aromatic amines is 1. The lowest BCUT2D eigenvalue weighted by Crippen LogP contribution is -2.52. The minimum Gasteiger partial charge on any atom is -0.497 e. The highest BCUT2D eigenvalue weighted by Crippen LogP contribution is 2.50. The highest BCUT2D eigenvalue weighted by atomic mass is 16.6. The first-order chi connectivity index (χ1) is 23.8. The molecule has 3 aliphatic rings. The standard InChI is InChI=1S/C38H41N3O8/c1-21-13-23(16-33(46-3)36(21)49-34(42)14-22-7-10-39-11-8-22)37(43)48-26-15-24-20-41-12-9-28-27-6-5-25(45-2)18-31(27)40-35(28)32(41)19-29(24)30(17-26)38(44)47-4/h5-8,10-11,13,16,18,24,26,29-30,32,40H,9,12,14-15,17,19-20H2,1-4H3. The molecule has 1 saturated heterocycles. The van der Waals surface area contributed by atoms with Gasteiger partial charge in [-0.1, -0.05) is 0 Å². The van der Waals surface area contributed by atoms with Crippen molar-refractivity contribution in [3.63, 3.8) is 0 Å². The van der Waals surface area contributed by atoms with Gasteiger partial charge in [-0.3, -0.25) is 19.5 Å². The highest BCUT2D eigenvalue weighted by Gasteiger charge is 2.49. The van der Waals surface area contributed by atoms with E-state index >= 15 is 0 Å². The maximum Gasteiger partial charge on any atom is 0.338 e. The van der Waals surface area contributed by atoms with Crippen molar-refractivity contribution in [1.82, 2.24) is 14.9 Å². The lowest BCUT2D eigenvalue weighted by molar-refractivity contribution is -0.155. The number of rotatable bonds is 8. The maximum absolute atomic E-state index is 13.6. The Morgan fingerprint density at radius 1 is 0.980 bits per heavy atom. The van der Waals surface area contributed by atoms with Gasteiger partial charge in [0.1, 0.15) is 11.9 Å². The Bertz CT molecular complexity index is 1890. The van der Waals surface area contributed by atoms with Crippen LogP contribution in [0.15, 0.2) is 54.9 Å². The topological polar surface area (TPSA) is 129 Å². The van der Waals surface area contributed by atoms with Crippen LogP contribution in [0.3, 0.4) is 0 Å². The number of benzene rings is 2. The van der Waals surface area contributed by atoms with Crippen LogP contribution in [0.25, 0.3) is 10.9 Å². The zero-order chi connectivity index (χ0) is 34.2. The summed E-state index contributed by atoms with van der Waals surface area (Å²) in [5, 5.41) is 1.22. The van der Waals surface area contributed by atoms with Gasteiger partial charge in [0.2, 0.25) is 0 Å². The molecule has 0 amide bonds. The summed E-state index contributed by atoms with van der Waals surface area (Å²) < 4.78 is 28.1. The molecule has 256 valence electrons. The highest BCUT2D eigenvalue weighted by molar-refractivity contribution is 5.91. The zero-order valence-corrected chi connectivity index (χ0v) is 28.2. The van der Waals surface area contributed by atoms with Gasteiger partial charge < -0.3 is 28.7 Å². The number of H-pyrrole nitrogens is 1. The second-order valence-electron chi connectivity index (χ2n) is 13.3. The van der Waals surface area contributed by atoms with E-state index in [9.17, 15) is 14.4 Å². The van der Waals surface area contributed by atoms with Crippen LogP contribution in [0.1, 0.15) is 58.0 Å². The molecule has 1 N–H and O–H groups in total. The molecular weight excluding hydrogens is 626 g/mol. The van der Waals surface area contributed by atoms with Crippen LogP contribution in [0.5, 0.6) is 17.2 Å². The summed E-state index contributed by atoms with van der Waals surface area (Å²) in [7, 11) is 4.55. The van der Waals surface area contributed by atoms with Crippen LogP contribution in [0.4, 0.5) is 0 Å². The first kappa shape index (κ1) is 32.6. The van der Waals surface area contributed by atoms with Crippen LogP contribution in [-0.2, 0) is 31.9 Å². The van der Waals surface area contributed by atoms with Crippen molar-refractivity contribution < 1.29 is 38.1 Å². The number of hydrogen-bond acceptors (Lipinski definition) is 10. The number of hydrogen-bond donors (Lipinski definition) is 1. The van der Waals surface area contributed by atoms with Crippen LogP contribution in [0, 0.1) is 24.7 Å². The molecule has 4 heterocycles. The minimum atomic E-state index is -0.520. The molecule has 5 atom stereocenters. The fourth-order valence-electron chi connectivity index (χ4n) is 8.23. The SMILES string of the molecule is COC(=O)C1CC(OC(=O)c2cc(C)c(OC(=O)Cc3ccncc3)c(OC)c2)CC2CN3CCc4c([nH]c5cc(OC)ccc45)C3CC21. The molecule has 7 rings (SSSR count). The molecule has 0 spiro atoms. The van der Waals surface area contributed by atoms with Crippen molar-refractivity contribution in [2.24, 2.45) is 17.8 Å². The van der Waals surface area contributed by atoms with Gasteiger partial charge in [0.05, 0.1) is 45.3 Å². The molecule has 2 aromatic heterocycles. The first-order valence-corrected chi connectivity index (χ1v) is 16.8. The smallest absolute Gasteiger partial charge is 0.338 e. The number of nitrogens with zero attached hydrogens (tertiary/aromatic N) is 2. The molecule has 2 aliphatic heterocycles. The zero-order valence-electron chi connectivity index (χ0n) is 28.2. The molecule has 1 aliphatic carbocycles. The summed E-state index contributed by atoms with van der Waals surface area (Å²) in [6.07, 6.45) is 5.64. The van der Waals surface area contributed by atoms with E-state index in [0.717, 1.165) is 42.8 Å². The Hall–Kier alpha value is -4.90. The van der Waals surface area contributed by atoms with E-state index in [1.54, 1.807) is 44.6 Å². The lowest BCUT2D eigenvalue weighted by Gasteiger charge is -2.51. The van der Waals surface area contributed by atoms with Gasteiger partial charge in [-0.15, -0.1) is 0 Å². The molecule has 0 bridgehead atoms. The number of aryl methyl sites for hydroxylation is 1. The molecule has 1 saturated carbocycles. The fourth-order valence-corrected chi connectivity index (χ4v) is 8.23. The molecule has 0 radical (unpaired) electrons. The summed E-state index contributed by atoms with van der Waals surface area (Å²) in [6.45, 7) is 3.48. The van der Waals surface area contributed by atoms with Gasteiger partial charge in [0, 0.05) is 48.1 Å². The number of esters is 3. The number of carbonyl (C=O) groups excluding carboxylic acids is 3. The summed E-state index contributed by atoms with van der Waals surface area (Å²) in [4.78, 5) is 49.7. The fraction of sp³-hybridized carbons (Fsp3) is 0.421. The van der Waals surface area contributed by atoms with Crippen molar-refractivity contribution in [1.29, 1.82) is 0 Å². The van der Waals surface area contributed by atoms with Gasteiger partial charge in [-0.05, 0) is 97.5 Å². The van der Waals surface area contributed by atoms with E-state index < -0.39 is 24.0 Å². The average Bonchev–Trinajstić information content (AvgIpc) is 3.49. The second-order valence-corrected chi connectivity index (χ2v) is 13.3. The van der Waals surface area contributed by atoms with Crippen LogP contribution >= 0.6 is 0 Å². The Morgan fingerprint density at radius 2 is 1.80 bits per heavy atom. The van der Waals surface area contributed by atoms with Gasteiger partial charge in [-0.2, -0.15) is 0 Å². The Labute approximate surface area is 284 Å². The summed E-state index contributed by atoms with van der Waals surface area (Å²) >= 11 is 0. The Balaban J connectivity index is 1.07. The normalized spacial score (nSPS) is 23.1. The van der Waals surface area contributed by atoms with E-state index in [-0.39, 0.29) is 47.3 Å². The maximum atomic E-state index is 13.6. The van der Waals surface area contributed by atoms with Gasteiger partial charge >= 0.3 is 17.9 Å². The number of nitrogens with one attached hydrogen (secondary N) is 1. The number of ether oxygens (including phenoxy) is 5. The van der Waals surface area contributed by atoms with Crippen molar-refractivity contribution >= 4 is 28.8 Å². The summed E-state index contributed by atoms with van der Waals surface area (Å²) in [6, 6.07) is 13.0. The van der Waals surface area contributed by atoms with Crippen molar-refractivity contribution in [2.75, 3.05) is 34.4 Å². The molecule has 11 heteroatoms. The number of aromatic nitrogens is 2. The minimum absolute atomic E-state index is 0.0659. The first-order valence-electron chi connectivity index (χ1n) is 16.8. The number of pyridine rings is 1. The van der Waals surface area contributed by atoms with E-state index in [0.29, 0.717) is 18.4 Å². The second kappa shape index (κ2) is 13.5. The Morgan fingerprint density at radius 3 is 2.55 bits per heavy atom. The van der Waals surface area contributed by atoms with E-state index in [1.807, 2.05) is 12.1 Å². The molecular formula is C38H41N3O8. The molecule has 49 heavy (non-hydrogen) atoms. The number of piperidine rings is 1. The quantitative estimate of drug-likeness (QED) is 0.193. The van der Waals surface area contributed by atoms with Gasteiger partial charge in [-0.25, -0.2) is 4.79 Å². The molecule has 2 fully saturated rings. The monoisotopic (exact) mass is 667 g/mol. The van der Waals surface area contributed by atoms with E-state index in [4.69, 9.17) is 23.7 Å². The number of fused-ring (bicyclic) bond motifs is 6. The number of methoxy groups -OCH3 is 3. The van der Waals surface area contributed by atoms with Crippen LogP contribution in [-0.4, -0.2) is 73.3 Å². The van der Waals surface area contributed by atoms with Crippen molar-refractivity contribution in [3.8, 4) is 17.2 Å². The van der Waals surface area contributed by atoms with Gasteiger partial charge in [0.15, 0.2) is 11.5 Å². The Kier molecular flexibility index (Phi) is 9.02. The van der Waals surface area contributed by atoms with E-state index in [1.165, 1.54) is 36.9 Å². The summed E-state index contributed by atoms with van der Waals surface area (Å²) in [5.41, 5.74) is 5.24. The summed E-state index contributed by atoms with van der Waals surface area (Å²) in [5.74, 6) is -0.0603. The largest absolute Gasteiger partial charge is 0.497 e. The molecule has 11 nitrogen and oxygen atoms in total. The predicted molar refractivity (Wildman–Crippen MR) is 180 cm³/mol. The third-order valence-corrected chi connectivity index (χ3v) is 10.5. The third kappa shape index (κ3) is 6.35. The average molecular weight is 668 g/mol. The van der Waals surface area contributed by atoms with Crippen LogP contribution < -0.4 is 14.2 Å². The molecule has 5 unspecified atom stereocenters. The predicted octanol–water partition coefficient (Wildman–Crippen LogP) is 5.38.